The summed E-state index contributed by atoms with van der Waals surface area (Å²) >= 11 is 0. The van der Waals surface area contributed by atoms with Crippen LogP contribution in [0.2, 0.25) is 0 Å². The molecule has 24 heavy (non-hydrogen) atoms. The Hall–Kier alpha value is -1.95. The fourth-order valence-electron chi connectivity index (χ4n) is 4.18. The van der Waals surface area contributed by atoms with E-state index in [9.17, 15) is 0 Å². The van der Waals surface area contributed by atoms with Crippen LogP contribution < -0.4 is 15.9 Å². The molecule has 122 valence electrons. The van der Waals surface area contributed by atoms with Crippen LogP contribution in [0.1, 0.15) is 13.3 Å². The Balaban J connectivity index is 2.13. The minimum absolute atomic E-state index is 0.267. The van der Waals surface area contributed by atoms with Gasteiger partial charge in [0.25, 0.3) is 0 Å². The first kappa shape index (κ1) is 15.6. The van der Waals surface area contributed by atoms with E-state index in [-0.39, 0.29) is 6.10 Å². The van der Waals surface area contributed by atoms with Crippen LogP contribution in [0.5, 0.6) is 0 Å². The number of benzene rings is 3. The van der Waals surface area contributed by atoms with Crippen molar-refractivity contribution in [2.24, 2.45) is 0 Å². The van der Waals surface area contributed by atoms with Gasteiger partial charge in [-0.3, -0.25) is 0 Å². The van der Waals surface area contributed by atoms with Gasteiger partial charge in [-0.25, -0.2) is 0 Å². The van der Waals surface area contributed by atoms with E-state index in [0.717, 1.165) is 12.6 Å². The Kier molecular flexibility index (Phi) is 3.79. The summed E-state index contributed by atoms with van der Waals surface area (Å²) in [5, 5.41) is 4.01. The molecular weight excluding hydrogens is 311 g/mol. The predicted molar refractivity (Wildman–Crippen MR) is 105 cm³/mol. The van der Waals surface area contributed by atoms with E-state index in [4.69, 9.17) is 4.52 Å². The first-order valence-corrected chi connectivity index (χ1v) is 11.0. The van der Waals surface area contributed by atoms with Crippen LogP contribution in [-0.2, 0) is 4.52 Å². The molecule has 1 saturated heterocycles. The van der Waals surface area contributed by atoms with Gasteiger partial charge in [0.15, 0.2) is 0 Å². The predicted octanol–water partition coefficient (Wildman–Crippen LogP) is 4.24. The molecule has 1 heterocycles. The summed E-state index contributed by atoms with van der Waals surface area (Å²) < 4.78 is 7.03. The van der Waals surface area contributed by atoms with Gasteiger partial charge in [-0.15, -0.1) is 0 Å². The van der Waals surface area contributed by atoms with Crippen LogP contribution >= 0.6 is 6.83 Å². The molecule has 3 aromatic carbocycles. The summed E-state index contributed by atoms with van der Waals surface area (Å²) in [6.07, 6.45) is 2.43. The standard InChI is InChI=1S/C22H23OP/c1-19-17-18-24(23-19,20-11-5-2-6-12-20,21-13-7-3-8-14-21)22-15-9-4-10-16-22/h2-16,19H,17-18H2,1H3. The molecular formula is C22H23OP. The van der Waals surface area contributed by atoms with Gasteiger partial charge in [0.2, 0.25) is 0 Å². The number of rotatable bonds is 3. The van der Waals surface area contributed by atoms with Crippen LogP contribution in [-0.4, -0.2) is 12.3 Å². The Morgan fingerprint density at radius 2 is 1.04 bits per heavy atom. The third-order valence-corrected chi connectivity index (χ3v) is 11.4. The Morgan fingerprint density at radius 3 is 1.33 bits per heavy atom. The van der Waals surface area contributed by atoms with Crippen molar-refractivity contribution >= 4 is 22.7 Å². The summed E-state index contributed by atoms with van der Waals surface area (Å²) in [4.78, 5) is 0. The van der Waals surface area contributed by atoms with Crippen molar-refractivity contribution in [2.45, 2.75) is 19.4 Å². The van der Waals surface area contributed by atoms with Gasteiger partial charge in [-0.2, -0.15) is 0 Å². The zero-order chi connectivity index (χ0) is 16.5. The molecule has 1 fully saturated rings. The molecule has 0 bridgehead atoms. The molecule has 0 spiro atoms. The van der Waals surface area contributed by atoms with E-state index in [0.29, 0.717) is 0 Å². The van der Waals surface area contributed by atoms with Gasteiger partial charge in [-0.1, -0.05) is 0 Å². The van der Waals surface area contributed by atoms with Crippen molar-refractivity contribution in [3.8, 4) is 0 Å². The zero-order valence-corrected chi connectivity index (χ0v) is 14.9. The van der Waals surface area contributed by atoms with Crippen molar-refractivity contribution in [3.05, 3.63) is 91.0 Å². The van der Waals surface area contributed by atoms with Crippen molar-refractivity contribution < 1.29 is 4.52 Å². The second-order valence-corrected chi connectivity index (χ2v) is 11.3. The minimum atomic E-state index is -2.88. The van der Waals surface area contributed by atoms with Crippen LogP contribution in [0.3, 0.4) is 0 Å². The molecule has 0 N–H and O–H groups in total. The van der Waals surface area contributed by atoms with Gasteiger partial charge >= 0.3 is 144 Å². The van der Waals surface area contributed by atoms with E-state index in [1.165, 1.54) is 15.9 Å². The molecule has 4 rings (SSSR count). The fourth-order valence-corrected chi connectivity index (χ4v) is 10.5. The molecule has 1 nitrogen and oxygen atoms in total. The van der Waals surface area contributed by atoms with Crippen LogP contribution in [0.4, 0.5) is 0 Å². The maximum atomic E-state index is 7.03. The second kappa shape index (κ2) is 5.84. The first-order valence-electron chi connectivity index (χ1n) is 8.62. The van der Waals surface area contributed by atoms with Crippen LogP contribution in [0.25, 0.3) is 0 Å². The SMILES string of the molecule is CC1CCP(c2ccccc2)(c2ccccc2)(c2ccccc2)O1. The number of hydrogen-bond acceptors (Lipinski definition) is 1. The van der Waals surface area contributed by atoms with E-state index in [1.807, 2.05) is 0 Å². The van der Waals surface area contributed by atoms with Crippen molar-refractivity contribution in [1.82, 2.24) is 0 Å². The molecule has 0 radical (unpaired) electrons. The second-order valence-electron chi connectivity index (χ2n) is 6.65. The summed E-state index contributed by atoms with van der Waals surface area (Å²) in [7, 11) is 0. The van der Waals surface area contributed by atoms with E-state index >= 15 is 0 Å². The van der Waals surface area contributed by atoms with Gasteiger partial charge < -0.3 is 0 Å². The molecule has 0 aliphatic carbocycles. The molecule has 1 aliphatic rings. The van der Waals surface area contributed by atoms with Crippen molar-refractivity contribution in [1.29, 1.82) is 0 Å². The first-order chi connectivity index (χ1) is 11.8. The average molecular weight is 334 g/mol. The van der Waals surface area contributed by atoms with Crippen LogP contribution in [0, 0.1) is 0 Å². The summed E-state index contributed by atoms with van der Waals surface area (Å²) in [6.45, 7) is -0.670. The third kappa shape index (κ3) is 2.09. The van der Waals surface area contributed by atoms with Gasteiger partial charge in [0.1, 0.15) is 0 Å². The average Bonchev–Trinajstić information content (AvgIpc) is 3.04. The maximum absolute atomic E-state index is 7.03. The molecule has 2 heteroatoms. The van der Waals surface area contributed by atoms with Gasteiger partial charge in [-0.05, 0) is 0 Å². The Morgan fingerprint density at radius 1 is 0.667 bits per heavy atom. The monoisotopic (exact) mass is 334 g/mol. The van der Waals surface area contributed by atoms with Crippen molar-refractivity contribution in [3.63, 3.8) is 0 Å². The van der Waals surface area contributed by atoms with Crippen molar-refractivity contribution in [2.75, 3.05) is 6.16 Å². The zero-order valence-electron chi connectivity index (χ0n) is 14.0. The summed E-state index contributed by atoms with van der Waals surface area (Å²) in [5.74, 6) is 0. The third-order valence-electron chi connectivity index (χ3n) is 5.28. The molecule has 1 aliphatic heterocycles. The van der Waals surface area contributed by atoms with Gasteiger partial charge in [0.05, 0.1) is 0 Å². The van der Waals surface area contributed by atoms with Crippen LogP contribution in [0.15, 0.2) is 91.0 Å². The summed E-state index contributed by atoms with van der Waals surface area (Å²) in [6, 6.07) is 32.7. The topological polar surface area (TPSA) is 9.23 Å². The normalized spacial score (nSPS) is 23.2. The quantitative estimate of drug-likeness (QED) is 0.651. The van der Waals surface area contributed by atoms with E-state index in [2.05, 4.69) is 97.9 Å². The van der Waals surface area contributed by atoms with E-state index in [1.54, 1.807) is 0 Å². The summed E-state index contributed by atoms with van der Waals surface area (Å²) in [5.41, 5.74) is 0. The molecule has 3 aromatic rings. The Bertz CT molecular complexity index is 715. The number of hydrogen-bond donors (Lipinski definition) is 0. The molecule has 0 saturated carbocycles. The van der Waals surface area contributed by atoms with Gasteiger partial charge in [0, 0.05) is 0 Å². The molecule has 0 aromatic heterocycles. The fraction of sp³-hybridized carbons (Fsp3) is 0.182. The molecule has 1 atom stereocenters. The molecule has 1 unspecified atom stereocenters. The van der Waals surface area contributed by atoms with E-state index < -0.39 is 6.83 Å². The Labute approximate surface area is 144 Å². The molecule has 0 amide bonds.